The minimum absolute atomic E-state index is 0.624. The van der Waals surface area contributed by atoms with Crippen molar-refractivity contribution < 1.29 is 0 Å². The van der Waals surface area contributed by atoms with E-state index in [4.69, 9.17) is 5.84 Å². The molecule has 0 amide bonds. The lowest BCUT2D eigenvalue weighted by atomic mass is 10.1. The van der Waals surface area contributed by atoms with E-state index in [-0.39, 0.29) is 0 Å². The van der Waals surface area contributed by atoms with Crippen molar-refractivity contribution in [3.63, 3.8) is 0 Å². The van der Waals surface area contributed by atoms with Gasteiger partial charge in [0.15, 0.2) is 0 Å². The fourth-order valence-corrected chi connectivity index (χ4v) is 2.48. The Labute approximate surface area is 117 Å². The first-order valence-electron chi connectivity index (χ1n) is 7.26. The predicted octanol–water partition coefficient (Wildman–Crippen LogP) is 3.01. The van der Waals surface area contributed by atoms with E-state index in [2.05, 4.69) is 43.0 Å². The van der Waals surface area contributed by atoms with Gasteiger partial charge in [-0.1, -0.05) is 27.7 Å². The summed E-state index contributed by atoms with van der Waals surface area (Å²) < 4.78 is 0. The normalized spacial score (nSPS) is 11.6. The molecule has 0 atom stereocenters. The highest BCUT2D eigenvalue weighted by molar-refractivity contribution is 5.41. The Morgan fingerprint density at radius 3 is 2.53 bits per heavy atom. The van der Waals surface area contributed by atoms with Crippen LogP contribution in [-0.2, 0) is 6.54 Å². The van der Waals surface area contributed by atoms with Crippen LogP contribution >= 0.6 is 0 Å². The second-order valence-corrected chi connectivity index (χ2v) is 5.47. The Balaban J connectivity index is 2.80. The van der Waals surface area contributed by atoms with Crippen LogP contribution in [0.25, 0.3) is 0 Å². The van der Waals surface area contributed by atoms with E-state index in [9.17, 15) is 0 Å². The first kappa shape index (κ1) is 15.9. The molecule has 0 saturated heterocycles. The molecule has 0 spiro atoms. The van der Waals surface area contributed by atoms with Crippen molar-refractivity contribution in [1.29, 1.82) is 0 Å². The third-order valence-electron chi connectivity index (χ3n) is 3.41. The van der Waals surface area contributed by atoms with Crippen LogP contribution in [-0.4, -0.2) is 22.5 Å². The number of anilines is 1. The molecule has 1 heterocycles. The summed E-state index contributed by atoms with van der Waals surface area (Å²) in [6.45, 7) is 11.0. The summed E-state index contributed by atoms with van der Waals surface area (Å²) in [6.07, 6.45) is 4.17. The largest absolute Gasteiger partial charge is 0.324 e. The molecule has 0 aliphatic carbocycles. The van der Waals surface area contributed by atoms with E-state index in [1.807, 2.05) is 18.3 Å². The van der Waals surface area contributed by atoms with Gasteiger partial charge in [-0.2, -0.15) is 0 Å². The number of pyridine rings is 1. The van der Waals surface area contributed by atoms with Crippen LogP contribution in [0.3, 0.4) is 0 Å². The smallest absolute Gasteiger partial charge is 0.0565 e. The van der Waals surface area contributed by atoms with Crippen molar-refractivity contribution in [2.45, 2.75) is 53.1 Å². The van der Waals surface area contributed by atoms with Gasteiger partial charge in [0.05, 0.1) is 11.4 Å². The minimum Gasteiger partial charge on any atom is -0.324 e. The summed E-state index contributed by atoms with van der Waals surface area (Å²) in [5.74, 6) is 6.11. The van der Waals surface area contributed by atoms with Crippen molar-refractivity contribution >= 4 is 5.69 Å². The quantitative estimate of drug-likeness (QED) is 0.560. The Kier molecular flexibility index (Phi) is 6.81. The topological polar surface area (TPSA) is 54.2 Å². The van der Waals surface area contributed by atoms with Crippen molar-refractivity contribution in [2.24, 2.45) is 11.8 Å². The van der Waals surface area contributed by atoms with Crippen LogP contribution in [0.4, 0.5) is 5.69 Å². The SMILES string of the molecule is CCC(CC)N(Cc1cc(NN)ccn1)CC(C)C. The van der Waals surface area contributed by atoms with Gasteiger partial charge in [-0.05, 0) is 30.9 Å². The molecule has 0 fully saturated rings. The van der Waals surface area contributed by atoms with E-state index in [1.165, 1.54) is 12.8 Å². The summed E-state index contributed by atoms with van der Waals surface area (Å²) in [4.78, 5) is 6.98. The number of rotatable bonds is 8. The van der Waals surface area contributed by atoms with Gasteiger partial charge in [-0.15, -0.1) is 0 Å². The van der Waals surface area contributed by atoms with Gasteiger partial charge < -0.3 is 5.43 Å². The molecule has 1 rings (SSSR count). The zero-order valence-electron chi connectivity index (χ0n) is 12.7. The molecular weight excluding hydrogens is 236 g/mol. The lowest BCUT2D eigenvalue weighted by molar-refractivity contribution is 0.155. The van der Waals surface area contributed by atoms with E-state index < -0.39 is 0 Å². The number of nitrogen functional groups attached to an aromatic ring is 1. The number of hydrogen-bond donors (Lipinski definition) is 2. The van der Waals surface area contributed by atoms with E-state index in [1.54, 1.807) is 0 Å². The second kappa shape index (κ2) is 8.12. The molecule has 1 aromatic heterocycles. The Morgan fingerprint density at radius 2 is 2.00 bits per heavy atom. The Morgan fingerprint density at radius 1 is 1.32 bits per heavy atom. The molecule has 108 valence electrons. The second-order valence-electron chi connectivity index (χ2n) is 5.47. The van der Waals surface area contributed by atoms with Crippen LogP contribution in [0, 0.1) is 5.92 Å². The third-order valence-corrected chi connectivity index (χ3v) is 3.41. The fraction of sp³-hybridized carbons (Fsp3) is 0.667. The van der Waals surface area contributed by atoms with Gasteiger partial charge in [0.25, 0.3) is 0 Å². The first-order chi connectivity index (χ1) is 9.10. The van der Waals surface area contributed by atoms with Gasteiger partial charge in [-0.25, -0.2) is 0 Å². The Bertz CT molecular complexity index is 361. The van der Waals surface area contributed by atoms with Crippen LogP contribution in [0.15, 0.2) is 18.3 Å². The van der Waals surface area contributed by atoms with Gasteiger partial charge >= 0.3 is 0 Å². The van der Waals surface area contributed by atoms with Crippen LogP contribution in [0.5, 0.6) is 0 Å². The molecule has 0 aliphatic heterocycles. The molecule has 0 bridgehead atoms. The monoisotopic (exact) mass is 264 g/mol. The maximum absolute atomic E-state index is 5.45. The average molecular weight is 264 g/mol. The van der Waals surface area contributed by atoms with E-state index >= 15 is 0 Å². The maximum Gasteiger partial charge on any atom is 0.0565 e. The number of nitrogens with one attached hydrogen (secondary N) is 1. The lowest BCUT2D eigenvalue weighted by Gasteiger charge is -2.31. The van der Waals surface area contributed by atoms with Crippen LogP contribution in [0.1, 0.15) is 46.2 Å². The average Bonchev–Trinajstić information content (AvgIpc) is 2.39. The predicted molar refractivity (Wildman–Crippen MR) is 81.7 cm³/mol. The molecule has 19 heavy (non-hydrogen) atoms. The summed E-state index contributed by atoms with van der Waals surface area (Å²) in [5.41, 5.74) is 4.67. The maximum atomic E-state index is 5.45. The number of hydrogen-bond acceptors (Lipinski definition) is 4. The molecule has 4 heteroatoms. The van der Waals surface area contributed by atoms with Gasteiger partial charge in [0.1, 0.15) is 0 Å². The van der Waals surface area contributed by atoms with E-state index in [0.717, 1.165) is 24.5 Å². The van der Waals surface area contributed by atoms with Crippen LogP contribution < -0.4 is 11.3 Å². The molecule has 3 N–H and O–H groups in total. The zero-order chi connectivity index (χ0) is 14.3. The highest BCUT2D eigenvalue weighted by Gasteiger charge is 2.17. The molecule has 0 saturated carbocycles. The molecular formula is C15H28N4. The molecule has 0 aliphatic rings. The lowest BCUT2D eigenvalue weighted by Crippen LogP contribution is -2.37. The van der Waals surface area contributed by atoms with Gasteiger partial charge in [0.2, 0.25) is 0 Å². The molecule has 0 radical (unpaired) electrons. The third kappa shape index (κ3) is 5.17. The summed E-state index contributed by atoms with van der Waals surface area (Å²) in [6, 6.07) is 4.53. The fourth-order valence-electron chi connectivity index (χ4n) is 2.48. The van der Waals surface area contributed by atoms with Crippen molar-refractivity contribution in [3.05, 3.63) is 24.0 Å². The highest BCUT2D eigenvalue weighted by Crippen LogP contribution is 2.16. The molecule has 0 aromatic carbocycles. The summed E-state index contributed by atoms with van der Waals surface area (Å²) in [5, 5.41) is 0. The number of nitrogens with zero attached hydrogens (tertiary/aromatic N) is 2. The van der Waals surface area contributed by atoms with Crippen molar-refractivity contribution in [2.75, 3.05) is 12.0 Å². The summed E-state index contributed by atoms with van der Waals surface area (Å²) >= 11 is 0. The van der Waals surface area contributed by atoms with E-state index in [0.29, 0.717) is 12.0 Å². The van der Waals surface area contributed by atoms with Gasteiger partial charge in [-0.3, -0.25) is 15.7 Å². The number of nitrogens with two attached hydrogens (primary N) is 1. The van der Waals surface area contributed by atoms with Gasteiger partial charge in [0, 0.05) is 25.3 Å². The molecule has 4 nitrogen and oxygen atoms in total. The van der Waals surface area contributed by atoms with Crippen molar-refractivity contribution in [1.82, 2.24) is 9.88 Å². The van der Waals surface area contributed by atoms with Crippen molar-refractivity contribution in [3.8, 4) is 0 Å². The molecule has 0 unspecified atom stereocenters. The molecule has 1 aromatic rings. The number of hydrazine groups is 1. The summed E-state index contributed by atoms with van der Waals surface area (Å²) in [7, 11) is 0. The Hall–Kier alpha value is -1.13. The zero-order valence-corrected chi connectivity index (χ0v) is 12.7. The van der Waals surface area contributed by atoms with Crippen LogP contribution in [0.2, 0.25) is 0 Å². The minimum atomic E-state index is 0.624. The first-order valence-corrected chi connectivity index (χ1v) is 7.26. The standard InChI is InChI=1S/C15H28N4/c1-5-15(6-2)19(10-12(3)4)11-14-9-13(18-16)7-8-17-14/h7-9,12,15H,5-6,10-11,16H2,1-4H3,(H,17,18). The number of aromatic nitrogens is 1. The highest BCUT2D eigenvalue weighted by atomic mass is 15.2.